The maximum absolute atomic E-state index is 5.91. The Balaban J connectivity index is 1.87. The summed E-state index contributed by atoms with van der Waals surface area (Å²) in [5.41, 5.74) is 0. The first kappa shape index (κ1) is 10.5. The van der Waals surface area contributed by atoms with E-state index in [0.717, 1.165) is 23.9 Å². The van der Waals surface area contributed by atoms with Crippen molar-refractivity contribution in [3.63, 3.8) is 0 Å². The molecule has 0 saturated heterocycles. The van der Waals surface area contributed by atoms with E-state index in [1.807, 2.05) is 6.92 Å². The smallest absolute Gasteiger partial charge is 0.209 e. The number of hydrogen-bond acceptors (Lipinski definition) is 4. The molecule has 0 N–H and O–H groups in total. The molecule has 1 aliphatic rings. The van der Waals surface area contributed by atoms with Crippen LogP contribution in [0.1, 0.15) is 13.3 Å². The van der Waals surface area contributed by atoms with Gasteiger partial charge in [0, 0.05) is 18.2 Å². The Kier molecular flexibility index (Phi) is 2.91. The largest absolute Gasteiger partial charge is 0.221 e. The van der Waals surface area contributed by atoms with Crippen LogP contribution < -0.4 is 0 Å². The van der Waals surface area contributed by atoms with Gasteiger partial charge in [0.2, 0.25) is 5.16 Å². The number of aromatic nitrogens is 4. The third-order valence-electron chi connectivity index (χ3n) is 2.17. The summed E-state index contributed by atoms with van der Waals surface area (Å²) >= 11 is 13.4. The Morgan fingerprint density at radius 1 is 1.64 bits per heavy atom. The van der Waals surface area contributed by atoms with Gasteiger partial charge in [-0.25, -0.2) is 4.68 Å². The normalized spacial score (nSPS) is 23.8. The minimum Gasteiger partial charge on any atom is -0.221 e. The van der Waals surface area contributed by atoms with E-state index in [9.17, 15) is 0 Å². The molecule has 1 aliphatic carbocycles. The van der Waals surface area contributed by atoms with Crippen LogP contribution in [-0.4, -0.2) is 30.3 Å². The number of rotatable bonds is 4. The number of nitrogens with zero attached hydrogens (tertiary/aromatic N) is 4. The molecule has 1 fully saturated rings. The first-order valence-corrected chi connectivity index (χ1v) is 6.14. The molecule has 0 spiro atoms. The summed E-state index contributed by atoms with van der Waals surface area (Å²) in [5, 5.41) is 12.2. The molecule has 1 aromatic heterocycles. The van der Waals surface area contributed by atoms with Crippen molar-refractivity contribution in [2.24, 2.45) is 5.92 Å². The highest BCUT2D eigenvalue weighted by atomic mass is 35.5. The molecule has 1 aromatic rings. The predicted molar refractivity (Wildman–Crippen MR) is 56.8 cm³/mol. The quantitative estimate of drug-likeness (QED) is 0.608. The van der Waals surface area contributed by atoms with E-state index in [2.05, 4.69) is 15.5 Å². The van der Waals surface area contributed by atoms with E-state index in [-0.39, 0.29) is 0 Å². The number of thioether (sulfide) groups is 1. The van der Waals surface area contributed by atoms with Crippen molar-refractivity contribution in [2.45, 2.75) is 29.4 Å². The zero-order valence-corrected chi connectivity index (χ0v) is 9.98. The van der Waals surface area contributed by atoms with Crippen molar-refractivity contribution in [1.82, 2.24) is 20.2 Å². The fourth-order valence-corrected chi connectivity index (χ4v) is 3.00. The van der Waals surface area contributed by atoms with Gasteiger partial charge in [-0.3, -0.25) is 0 Å². The topological polar surface area (TPSA) is 43.6 Å². The number of hydrogen-bond donors (Lipinski definition) is 0. The van der Waals surface area contributed by atoms with Crippen molar-refractivity contribution >= 4 is 35.0 Å². The van der Waals surface area contributed by atoms with Crippen molar-refractivity contribution in [2.75, 3.05) is 5.75 Å². The van der Waals surface area contributed by atoms with Gasteiger partial charge in [0.25, 0.3) is 0 Å². The predicted octanol–water partition coefficient (Wildman–Crippen LogP) is 1.98. The van der Waals surface area contributed by atoms with Gasteiger partial charge in [0.1, 0.15) is 4.33 Å². The third kappa shape index (κ3) is 2.15. The van der Waals surface area contributed by atoms with Crippen LogP contribution in [0, 0.1) is 5.92 Å². The second-order valence-electron chi connectivity index (χ2n) is 3.25. The van der Waals surface area contributed by atoms with Gasteiger partial charge < -0.3 is 0 Å². The molecule has 1 saturated carbocycles. The molecule has 0 aliphatic heterocycles. The average molecular weight is 253 g/mol. The average Bonchev–Trinajstić information content (AvgIpc) is 2.62. The lowest BCUT2D eigenvalue weighted by molar-refractivity contribution is 0.581. The monoisotopic (exact) mass is 252 g/mol. The zero-order valence-electron chi connectivity index (χ0n) is 7.65. The molecule has 14 heavy (non-hydrogen) atoms. The number of halogens is 2. The molecular weight excluding hydrogens is 243 g/mol. The lowest BCUT2D eigenvalue weighted by Crippen LogP contribution is -2.00. The Morgan fingerprint density at radius 2 is 2.36 bits per heavy atom. The van der Waals surface area contributed by atoms with Gasteiger partial charge >= 0.3 is 0 Å². The third-order valence-corrected chi connectivity index (χ3v) is 4.21. The van der Waals surface area contributed by atoms with Crippen molar-refractivity contribution in [1.29, 1.82) is 0 Å². The van der Waals surface area contributed by atoms with Gasteiger partial charge in [0.05, 0.1) is 0 Å². The van der Waals surface area contributed by atoms with Crippen LogP contribution in [0.3, 0.4) is 0 Å². The Bertz CT molecular complexity index is 327. The summed E-state index contributed by atoms with van der Waals surface area (Å²) in [6.07, 6.45) is 0.872. The first-order chi connectivity index (χ1) is 6.63. The second kappa shape index (κ2) is 3.87. The van der Waals surface area contributed by atoms with Crippen LogP contribution >= 0.6 is 35.0 Å². The van der Waals surface area contributed by atoms with Gasteiger partial charge in [-0.1, -0.05) is 11.8 Å². The van der Waals surface area contributed by atoms with Crippen LogP contribution in [0.4, 0.5) is 0 Å². The van der Waals surface area contributed by atoms with Crippen LogP contribution in [0.25, 0.3) is 0 Å². The van der Waals surface area contributed by atoms with Crippen LogP contribution in [0.5, 0.6) is 0 Å². The minimum absolute atomic E-state index is 0.373. The van der Waals surface area contributed by atoms with Crippen LogP contribution in [0.15, 0.2) is 5.16 Å². The second-order valence-corrected chi connectivity index (χ2v) is 5.78. The van der Waals surface area contributed by atoms with Crippen molar-refractivity contribution < 1.29 is 0 Å². The van der Waals surface area contributed by atoms with Crippen molar-refractivity contribution in [3.8, 4) is 0 Å². The fraction of sp³-hybridized carbons (Fsp3) is 0.857. The van der Waals surface area contributed by atoms with Crippen molar-refractivity contribution in [3.05, 3.63) is 0 Å². The first-order valence-electron chi connectivity index (χ1n) is 4.40. The lowest BCUT2D eigenvalue weighted by atomic mass is 10.5. The van der Waals surface area contributed by atoms with Gasteiger partial charge in [-0.2, -0.15) is 0 Å². The highest BCUT2D eigenvalue weighted by Gasteiger charge is 2.51. The molecule has 78 valence electrons. The summed E-state index contributed by atoms with van der Waals surface area (Å²) in [6, 6.07) is 0. The SMILES string of the molecule is CCn1nnnc1SC[C@H]1CC1(Cl)Cl. The molecule has 1 atom stereocenters. The molecule has 7 heteroatoms. The summed E-state index contributed by atoms with van der Waals surface area (Å²) in [7, 11) is 0. The molecule has 0 bridgehead atoms. The fourth-order valence-electron chi connectivity index (χ4n) is 1.12. The highest BCUT2D eigenvalue weighted by molar-refractivity contribution is 7.99. The summed E-state index contributed by atoms with van der Waals surface area (Å²) in [4.78, 5) is 0. The molecule has 0 amide bonds. The van der Waals surface area contributed by atoms with Gasteiger partial charge in [-0.05, 0) is 23.8 Å². The van der Waals surface area contributed by atoms with E-state index >= 15 is 0 Å². The van der Waals surface area contributed by atoms with E-state index in [1.54, 1.807) is 16.4 Å². The molecule has 0 radical (unpaired) electrons. The molecule has 4 nitrogen and oxygen atoms in total. The summed E-state index contributed by atoms with van der Waals surface area (Å²) in [5.74, 6) is 1.26. The molecular formula is C7H10Cl2N4S. The Labute approximate surface area is 96.3 Å². The molecule has 0 aromatic carbocycles. The van der Waals surface area contributed by atoms with Gasteiger partial charge in [-0.15, -0.1) is 28.3 Å². The molecule has 0 unspecified atom stereocenters. The van der Waals surface area contributed by atoms with E-state index in [1.165, 1.54) is 0 Å². The highest BCUT2D eigenvalue weighted by Crippen LogP contribution is 2.54. The van der Waals surface area contributed by atoms with E-state index < -0.39 is 4.33 Å². The molecule has 2 rings (SSSR count). The van der Waals surface area contributed by atoms with Crippen LogP contribution in [-0.2, 0) is 6.54 Å². The number of alkyl halides is 2. The van der Waals surface area contributed by atoms with Crippen LogP contribution in [0.2, 0.25) is 0 Å². The Hall–Kier alpha value is -0.000000000000000111. The summed E-state index contributed by atoms with van der Waals surface area (Å²) < 4.78 is 1.26. The zero-order chi connectivity index (χ0) is 10.2. The minimum atomic E-state index is -0.502. The standard InChI is InChI=1S/C7H10Cl2N4S/c1-2-13-6(10-11-12-13)14-4-5-3-7(5,8)9/h5H,2-4H2,1H3/t5-/m1/s1. The Morgan fingerprint density at radius 3 is 2.93 bits per heavy atom. The number of tetrazole rings is 1. The molecule has 1 heterocycles. The van der Waals surface area contributed by atoms with E-state index in [4.69, 9.17) is 23.2 Å². The summed E-state index contributed by atoms with van der Waals surface area (Å²) in [6.45, 7) is 2.79. The lowest BCUT2D eigenvalue weighted by Gasteiger charge is -2.00. The van der Waals surface area contributed by atoms with E-state index in [0.29, 0.717) is 5.92 Å². The maximum Gasteiger partial charge on any atom is 0.209 e. The van der Waals surface area contributed by atoms with Gasteiger partial charge in [0.15, 0.2) is 0 Å². The number of aryl methyl sites for hydroxylation is 1. The maximum atomic E-state index is 5.91.